The number of pyridine rings is 1. The fraction of sp³-hybridized carbons (Fsp3) is 0.478. The average molecular weight is 478 g/mol. The molecular formula is C23H31N3O6S. The number of ether oxygens (including phenoxy) is 2. The van der Waals surface area contributed by atoms with Gasteiger partial charge in [0.2, 0.25) is 15.9 Å². The van der Waals surface area contributed by atoms with Gasteiger partial charge in [-0.2, -0.15) is 4.31 Å². The number of nitrogens with zero attached hydrogens (tertiary/aromatic N) is 3. The Morgan fingerprint density at radius 3 is 2.64 bits per heavy atom. The summed E-state index contributed by atoms with van der Waals surface area (Å²) in [5, 5.41) is 9.74. The minimum atomic E-state index is -3.93. The number of aliphatic hydroxyl groups is 1. The van der Waals surface area contributed by atoms with Gasteiger partial charge in [0, 0.05) is 45.1 Å². The van der Waals surface area contributed by atoms with Gasteiger partial charge in [-0.1, -0.05) is 13.0 Å². The van der Waals surface area contributed by atoms with Gasteiger partial charge in [0.15, 0.2) is 0 Å². The molecule has 3 rings (SSSR count). The first-order chi connectivity index (χ1) is 15.7. The Morgan fingerprint density at radius 1 is 1.30 bits per heavy atom. The number of likely N-dealkylation sites (N-methyl/N-ethyl adjacent to an activating group) is 1. The summed E-state index contributed by atoms with van der Waals surface area (Å²) in [7, 11) is -0.810. The first-order valence-corrected chi connectivity index (χ1v) is 12.2. The van der Waals surface area contributed by atoms with Crippen LogP contribution in [0.4, 0.5) is 0 Å². The Morgan fingerprint density at radius 2 is 2.00 bits per heavy atom. The lowest BCUT2D eigenvalue weighted by Crippen LogP contribution is -2.50. The van der Waals surface area contributed by atoms with Crippen molar-refractivity contribution in [2.75, 3.05) is 40.5 Å². The Labute approximate surface area is 195 Å². The molecule has 1 aromatic heterocycles. The van der Waals surface area contributed by atoms with Gasteiger partial charge in [-0.05, 0) is 42.3 Å². The summed E-state index contributed by atoms with van der Waals surface area (Å²) in [5.41, 5.74) is 1.65. The molecule has 0 aliphatic carbocycles. The van der Waals surface area contributed by atoms with Crippen LogP contribution in [0.5, 0.6) is 5.75 Å². The van der Waals surface area contributed by atoms with E-state index in [9.17, 15) is 18.3 Å². The molecule has 2 aromatic rings. The molecule has 1 aliphatic rings. The monoisotopic (exact) mass is 477 g/mol. The van der Waals surface area contributed by atoms with Crippen molar-refractivity contribution < 1.29 is 27.8 Å². The summed E-state index contributed by atoms with van der Waals surface area (Å²) in [6.45, 7) is 3.58. The number of hydrogen-bond donors (Lipinski definition) is 1. The van der Waals surface area contributed by atoms with E-state index in [1.54, 1.807) is 38.5 Å². The highest BCUT2D eigenvalue weighted by molar-refractivity contribution is 7.89. The van der Waals surface area contributed by atoms with E-state index in [2.05, 4.69) is 4.98 Å². The third-order valence-corrected chi connectivity index (χ3v) is 7.85. The summed E-state index contributed by atoms with van der Waals surface area (Å²) in [4.78, 5) is 17.9. The highest BCUT2D eigenvalue weighted by Gasteiger charge is 2.38. The quantitative estimate of drug-likeness (QED) is 0.645. The molecule has 180 valence electrons. The van der Waals surface area contributed by atoms with E-state index in [-0.39, 0.29) is 48.8 Å². The van der Waals surface area contributed by atoms with E-state index >= 15 is 0 Å². The number of hydrogen-bond acceptors (Lipinski definition) is 7. The fourth-order valence-electron chi connectivity index (χ4n) is 3.77. The molecule has 0 unspecified atom stereocenters. The normalized spacial score (nSPS) is 21.2. The molecule has 0 fully saturated rings. The summed E-state index contributed by atoms with van der Waals surface area (Å²) < 4.78 is 39.6. The molecule has 0 spiro atoms. The molecule has 0 bridgehead atoms. The molecule has 9 nitrogen and oxygen atoms in total. The zero-order valence-corrected chi connectivity index (χ0v) is 20.2. The zero-order chi connectivity index (χ0) is 24.2. The van der Waals surface area contributed by atoms with Crippen molar-refractivity contribution in [3.63, 3.8) is 0 Å². The lowest BCUT2D eigenvalue weighted by atomic mass is 10.0. The molecule has 0 radical (unpaired) electrons. The minimum absolute atomic E-state index is 0.0309. The number of carbonyl (C=O) groups is 1. The predicted octanol–water partition coefficient (Wildman–Crippen LogP) is 1.62. The van der Waals surface area contributed by atoms with Crippen LogP contribution in [0.25, 0.3) is 11.1 Å². The van der Waals surface area contributed by atoms with Crippen molar-refractivity contribution in [2.45, 2.75) is 30.9 Å². The van der Waals surface area contributed by atoms with E-state index in [0.717, 1.165) is 11.1 Å². The van der Waals surface area contributed by atoms with E-state index in [1.807, 2.05) is 19.1 Å². The van der Waals surface area contributed by atoms with Crippen LogP contribution in [0.15, 0.2) is 47.6 Å². The van der Waals surface area contributed by atoms with Crippen LogP contribution in [0.3, 0.4) is 0 Å². The number of amides is 1. The van der Waals surface area contributed by atoms with Crippen molar-refractivity contribution in [3.05, 3.63) is 42.7 Å². The lowest BCUT2D eigenvalue weighted by molar-refractivity contribution is -0.135. The summed E-state index contributed by atoms with van der Waals surface area (Å²) in [5.74, 6) is -0.248. The van der Waals surface area contributed by atoms with Crippen LogP contribution in [-0.2, 0) is 19.6 Å². The molecule has 33 heavy (non-hydrogen) atoms. The number of rotatable bonds is 7. The van der Waals surface area contributed by atoms with Crippen molar-refractivity contribution >= 4 is 15.9 Å². The van der Waals surface area contributed by atoms with Crippen LogP contribution in [-0.4, -0.2) is 86.2 Å². The average Bonchev–Trinajstić information content (AvgIpc) is 2.81. The molecule has 2 heterocycles. The second-order valence-electron chi connectivity index (χ2n) is 8.34. The van der Waals surface area contributed by atoms with Gasteiger partial charge in [0.25, 0.3) is 0 Å². The van der Waals surface area contributed by atoms with Crippen LogP contribution in [0.2, 0.25) is 0 Å². The molecule has 3 atom stereocenters. The van der Waals surface area contributed by atoms with Crippen molar-refractivity contribution in [2.24, 2.45) is 5.92 Å². The van der Waals surface area contributed by atoms with Gasteiger partial charge < -0.3 is 19.5 Å². The fourth-order valence-corrected chi connectivity index (χ4v) is 5.60. The maximum atomic E-state index is 13.5. The summed E-state index contributed by atoms with van der Waals surface area (Å²) in [6, 6.07) is 8.01. The summed E-state index contributed by atoms with van der Waals surface area (Å²) >= 11 is 0. The minimum Gasteiger partial charge on any atom is -0.487 e. The van der Waals surface area contributed by atoms with Gasteiger partial charge in [-0.3, -0.25) is 9.78 Å². The molecule has 1 aromatic carbocycles. The number of aliphatic hydroxyl groups excluding tert-OH is 1. The third-order valence-electron chi connectivity index (χ3n) is 5.83. The van der Waals surface area contributed by atoms with Crippen molar-refractivity contribution in [1.82, 2.24) is 14.2 Å². The van der Waals surface area contributed by atoms with Crippen LogP contribution >= 0.6 is 0 Å². The second-order valence-corrected chi connectivity index (χ2v) is 10.2. The highest BCUT2D eigenvalue weighted by Crippen LogP contribution is 2.36. The number of aromatic nitrogens is 1. The lowest BCUT2D eigenvalue weighted by Gasteiger charge is -2.37. The third kappa shape index (κ3) is 5.52. The SMILES string of the molecule is COCC(=O)N(C)C[C@@H]1Oc2cc(-c3ccncc3)ccc2S(=O)(=O)N([C@@H](C)CO)C[C@@H]1C. The maximum Gasteiger partial charge on any atom is 0.248 e. The second kappa shape index (κ2) is 10.6. The van der Waals surface area contributed by atoms with E-state index in [0.29, 0.717) is 0 Å². The Kier molecular flexibility index (Phi) is 8.06. The largest absolute Gasteiger partial charge is 0.487 e. The number of sulfonamides is 1. The number of methoxy groups -OCH3 is 1. The van der Waals surface area contributed by atoms with Gasteiger partial charge in [0.05, 0.1) is 13.2 Å². The van der Waals surface area contributed by atoms with Crippen LogP contribution < -0.4 is 4.74 Å². The molecule has 0 saturated carbocycles. The smallest absolute Gasteiger partial charge is 0.248 e. The number of fused-ring (bicyclic) bond motifs is 1. The van der Waals surface area contributed by atoms with Crippen molar-refractivity contribution in [3.8, 4) is 16.9 Å². The van der Waals surface area contributed by atoms with E-state index in [4.69, 9.17) is 9.47 Å². The number of benzene rings is 1. The first-order valence-electron chi connectivity index (χ1n) is 10.8. The predicted molar refractivity (Wildman–Crippen MR) is 123 cm³/mol. The first kappa shape index (κ1) is 25.1. The van der Waals surface area contributed by atoms with Crippen LogP contribution in [0.1, 0.15) is 13.8 Å². The molecule has 1 amide bonds. The number of carbonyl (C=O) groups excluding carboxylic acids is 1. The Hall–Kier alpha value is -2.53. The Bertz CT molecular complexity index is 1060. The highest BCUT2D eigenvalue weighted by atomic mass is 32.2. The van der Waals surface area contributed by atoms with Gasteiger partial charge >= 0.3 is 0 Å². The van der Waals surface area contributed by atoms with Crippen LogP contribution in [0, 0.1) is 5.92 Å². The molecular weight excluding hydrogens is 446 g/mol. The van der Waals surface area contributed by atoms with Gasteiger partial charge in [-0.15, -0.1) is 0 Å². The van der Waals surface area contributed by atoms with Gasteiger partial charge in [-0.25, -0.2) is 8.42 Å². The molecule has 1 N–H and O–H groups in total. The van der Waals surface area contributed by atoms with E-state index in [1.165, 1.54) is 22.4 Å². The molecule has 1 aliphatic heterocycles. The maximum absolute atomic E-state index is 13.5. The zero-order valence-electron chi connectivity index (χ0n) is 19.3. The van der Waals surface area contributed by atoms with Gasteiger partial charge in [0.1, 0.15) is 23.4 Å². The van der Waals surface area contributed by atoms with Crippen molar-refractivity contribution in [1.29, 1.82) is 0 Å². The summed E-state index contributed by atoms with van der Waals surface area (Å²) in [6.07, 6.45) is 2.84. The molecule has 10 heteroatoms. The Balaban J connectivity index is 2.08. The molecule has 0 saturated heterocycles. The standard InChI is InChI=1S/C23H31N3O6S/c1-16-12-26(17(2)14-27)33(29,30)22-6-5-19(18-7-9-24-10-8-18)11-20(22)32-21(16)13-25(3)23(28)15-31-4/h5-11,16-17,21,27H,12-15H2,1-4H3/t16-,17-,21-/m0/s1. The topological polar surface area (TPSA) is 109 Å². The van der Waals surface area contributed by atoms with E-state index < -0.39 is 22.2 Å².